The molecule has 0 unspecified atom stereocenters. The zero-order chi connectivity index (χ0) is 18.0. The van der Waals surface area contributed by atoms with E-state index in [1.807, 2.05) is 25.1 Å². The van der Waals surface area contributed by atoms with E-state index in [9.17, 15) is 18.0 Å². The van der Waals surface area contributed by atoms with Gasteiger partial charge in [0, 0.05) is 16.9 Å². The Labute approximate surface area is 147 Å². The van der Waals surface area contributed by atoms with E-state index < -0.39 is 11.9 Å². The molecule has 0 saturated carbocycles. The number of nitrogens with one attached hydrogen (secondary N) is 1. The number of benzene rings is 1. The standard InChI is InChI=1S/C17H16F3N3OS/c1-10-4-2-5-11(8-10)21-14(24)9-25-16-22-13-7-3-6-12(13)15(23-16)17(18,19)20/h2,4-5,8H,3,6-7,9H2,1H3,(H,21,24). The summed E-state index contributed by atoms with van der Waals surface area (Å²) in [7, 11) is 0. The monoisotopic (exact) mass is 367 g/mol. The van der Waals surface area contributed by atoms with Gasteiger partial charge < -0.3 is 5.32 Å². The van der Waals surface area contributed by atoms with Crippen LogP contribution in [0.15, 0.2) is 29.4 Å². The molecule has 1 aliphatic rings. The molecule has 8 heteroatoms. The molecule has 1 aromatic carbocycles. The maximum absolute atomic E-state index is 13.2. The van der Waals surface area contributed by atoms with Crippen LogP contribution < -0.4 is 5.32 Å². The number of hydrogen-bond acceptors (Lipinski definition) is 4. The summed E-state index contributed by atoms with van der Waals surface area (Å²) >= 11 is 0.914. The Morgan fingerprint density at radius 2 is 2.08 bits per heavy atom. The van der Waals surface area contributed by atoms with Gasteiger partial charge in [0.1, 0.15) is 0 Å². The normalized spacial score (nSPS) is 13.6. The molecule has 2 aromatic rings. The summed E-state index contributed by atoms with van der Waals surface area (Å²) in [6.07, 6.45) is -2.99. The van der Waals surface area contributed by atoms with Crippen LogP contribution in [0.1, 0.15) is 28.9 Å². The number of nitrogens with zero attached hydrogens (tertiary/aromatic N) is 2. The van der Waals surface area contributed by atoms with Gasteiger partial charge in [-0.25, -0.2) is 9.97 Å². The molecule has 0 aliphatic heterocycles. The molecule has 3 rings (SSSR count). The summed E-state index contributed by atoms with van der Waals surface area (Å²) in [4.78, 5) is 19.9. The molecule has 0 bridgehead atoms. The van der Waals surface area contributed by atoms with Gasteiger partial charge in [-0.15, -0.1) is 0 Å². The molecular formula is C17H16F3N3OS. The van der Waals surface area contributed by atoms with E-state index in [4.69, 9.17) is 0 Å². The molecule has 1 aromatic heterocycles. The number of anilines is 1. The van der Waals surface area contributed by atoms with Gasteiger partial charge >= 0.3 is 6.18 Å². The highest BCUT2D eigenvalue weighted by atomic mass is 32.2. The van der Waals surface area contributed by atoms with Crippen LogP contribution in [0, 0.1) is 6.92 Å². The van der Waals surface area contributed by atoms with Crippen molar-refractivity contribution in [2.75, 3.05) is 11.1 Å². The number of carbonyl (C=O) groups is 1. The lowest BCUT2D eigenvalue weighted by Crippen LogP contribution is -2.16. The first kappa shape index (κ1) is 17.7. The molecule has 25 heavy (non-hydrogen) atoms. The van der Waals surface area contributed by atoms with Crippen LogP contribution in [0.25, 0.3) is 0 Å². The van der Waals surface area contributed by atoms with Gasteiger partial charge in [-0.2, -0.15) is 13.2 Å². The van der Waals surface area contributed by atoms with E-state index in [2.05, 4.69) is 15.3 Å². The zero-order valence-electron chi connectivity index (χ0n) is 13.5. The first-order valence-corrected chi connectivity index (χ1v) is 8.78. The maximum Gasteiger partial charge on any atom is 0.433 e. The summed E-state index contributed by atoms with van der Waals surface area (Å²) in [5.41, 5.74) is 1.43. The summed E-state index contributed by atoms with van der Waals surface area (Å²) in [6, 6.07) is 7.29. The highest BCUT2D eigenvalue weighted by Gasteiger charge is 2.38. The number of fused-ring (bicyclic) bond motifs is 1. The lowest BCUT2D eigenvalue weighted by atomic mass is 10.2. The van der Waals surface area contributed by atoms with E-state index in [0.717, 1.165) is 17.3 Å². The Bertz CT molecular complexity index is 808. The number of amides is 1. The van der Waals surface area contributed by atoms with Crippen molar-refractivity contribution in [1.29, 1.82) is 0 Å². The van der Waals surface area contributed by atoms with Crippen LogP contribution in [-0.4, -0.2) is 21.6 Å². The maximum atomic E-state index is 13.2. The average molecular weight is 367 g/mol. The molecule has 1 heterocycles. The molecule has 1 amide bonds. The third-order valence-electron chi connectivity index (χ3n) is 3.82. The minimum Gasteiger partial charge on any atom is -0.325 e. The van der Waals surface area contributed by atoms with Crippen molar-refractivity contribution in [1.82, 2.24) is 9.97 Å². The third-order valence-corrected chi connectivity index (χ3v) is 4.66. The largest absolute Gasteiger partial charge is 0.433 e. The Balaban J connectivity index is 1.70. The molecule has 0 atom stereocenters. The highest BCUT2D eigenvalue weighted by molar-refractivity contribution is 7.99. The van der Waals surface area contributed by atoms with Gasteiger partial charge in [0.2, 0.25) is 5.91 Å². The Morgan fingerprint density at radius 3 is 2.80 bits per heavy atom. The fraction of sp³-hybridized carbons (Fsp3) is 0.353. The predicted molar refractivity (Wildman–Crippen MR) is 89.6 cm³/mol. The van der Waals surface area contributed by atoms with Gasteiger partial charge in [0.25, 0.3) is 0 Å². The fourth-order valence-corrected chi connectivity index (χ4v) is 3.42. The van der Waals surface area contributed by atoms with Crippen LogP contribution in [-0.2, 0) is 23.8 Å². The van der Waals surface area contributed by atoms with Crippen molar-refractivity contribution < 1.29 is 18.0 Å². The zero-order valence-corrected chi connectivity index (χ0v) is 14.3. The summed E-state index contributed by atoms with van der Waals surface area (Å²) in [5, 5.41) is 2.71. The van der Waals surface area contributed by atoms with Gasteiger partial charge in [-0.1, -0.05) is 23.9 Å². The molecule has 0 fully saturated rings. The molecule has 0 spiro atoms. The number of aromatic nitrogens is 2. The Hall–Kier alpha value is -2.09. The molecule has 1 N–H and O–H groups in total. The van der Waals surface area contributed by atoms with Crippen molar-refractivity contribution in [2.24, 2.45) is 0 Å². The van der Waals surface area contributed by atoms with Gasteiger partial charge in [0.15, 0.2) is 10.9 Å². The molecule has 0 radical (unpaired) electrons. The van der Waals surface area contributed by atoms with Crippen molar-refractivity contribution in [3.8, 4) is 0 Å². The molecule has 132 valence electrons. The average Bonchev–Trinajstić information content (AvgIpc) is 2.99. The van der Waals surface area contributed by atoms with Crippen LogP contribution in [0.3, 0.4) is 0 Å². The van der Waals surface area contributed by atoms with Gasteiger partial charge in [-0.3, -0.25) is 4.79 Å². The third kappa shape index (κ3) is 4.31. The molecule has 4 nitrogen and oxygen atoms in total. The smallest absolute Gasteiger partial charge is 0.325 e. The number of rotatable bonds is 4. The Kier molecular flexibility index (Phi) is 4.99. The van der Waals surface area contributed by atoms with Crippen LogP contribution in [0.2, 0.25) is 0 Å². The number of thioether (sulfide) groups is 1. The van der Waals surface area contributed by atoms with E-state index in [1.165, 1.54) is 0 Å². The Morgan fingerprint density at radius 1 is 1.28 bits per heavy atom. The lowest BCUT2D eigenvalue weighted by Gasteiger charge is -2.12. The van der Waals surface area contributed by atoms with Gasteiger partial charge in [0.05, 0.1) is 5.75 Å². The minimum absolute atomic E-state index is 0.00707. The SMILES string of the molecule is Cc1cccc(NC(=O)CSc2nc3c(c(C(F)(F)F)n2)CCC3)c1. The summed E-state index contributed by atoms with van der Waals surface area (Å²) < 4.78 is 39.5. The number of alkyl halides is 3. The minimum atomic E-state index is -4.50. The number of halogens is 3. The second-order valence-electron chi connectivity index (χ2n) is 5.84. The second-order valence-corrected chi connectivity index (χ2v) is 6.78. The van der Waals surface area contributed by atoms with E-state index in [1.54, 1.807) is 6.07 Å². The summed E-state index contributed by atoms with van der Waals surface area (Å²) in [5.74, 6) is -0.363. The number of aryl methyl sites for hydroxylation is 2. The van der Waals surface area contributed by atoms with E-state index >= 15 is 0 Å². The first-order chi connectivity index (χ1) is 11.8. The van der Waals surface area contributed by atoms with E-state index in [-0.39, 0.29) is 22.4 Å². The second kappa shape index (κ2) is 7.03. The quantitative estimate of drug-likeness (QED) is 0.655. The van der Waals surface area contributed by atoms with Crippen molar-refractivity contribution in [3.63, 3.8) is 0 Å². The molecule has 1 aliphatic carbocycles. The highest BCUT2D eigenvalue weighted by Crippen LogP contribution is 2.36. The van der Waals surface area contributed by atoms with Crippen LogP contribution in [0.4, 0.5) is 18.9 Å². The topological polar surface area (TPSA) is 54.9 Å². The lowest BCUT2D eigenvalue weighted by molar-refractivity contribution is -0.142. The van der Waals surface area contributed by atoms with Crippen LogP contribution >= 0.6 is 11.8 Å². The van der Waals surface area contributed by atoms with Crippen LogP contribution in [0.5, 0.6) is 0 Å². The van der Waals surface area contributed by atoms with Crippen molar-refractivity contribution in [3.05, 3.63) is 46.8 Å². The van der Waals surface area contributed by atoms with Crippen molar-refractivity contribution in [2.45, 2.75) is 37.5 Å². The number of carbonyl (C=O) groups excluding carboxylic acids is 1. The van der Waals surface area contributed by atoms with E-state index in [0.29, 0.717) is 30.6 Å². The summed E-state index contributed by atoms with van der Waals surface area (Å²) in [6.45, 7) is 1.90. The number of hydrogen-bond donors (Lipinski definition) is 1. The molecule has 0 saturated heterocycles. The predicted octanol–water partition coefficient (Wildman–Crippen LogP) is 4.02. The first-order valence-electron chi connectivity index (χ1n) is 7.79. The fourth-order valence-electron chi connectivity index (χ4n) is 2.76. The molecular weight excluding hydrogens is 351 g/mol. The van der Waals surface area contributed by atoms with Crippen molar-refractivity contribution >= 4 is 23.4 Å². The van der Waals surface area contributed by atoms with Gasteiger partial charge in [-0.05, 0) is 43.9 Å².